The molecule has 0 atom stereocenters. The second-order valence-corrected chi connectivity index (χ2v) is 7.41. The first kappa shape index (κ1) is 20.4. The Labute approximate surface area is 188 Å². The highest BCUT2D eigenvalue weighted by atomic mass is 19.1. The summed E-state index contributed by atoms with van der Waals surface area (Å²) in [5.41, 5.74) is 0.862. The minimum Gasteiger partial charge on any atom is -0.486 e. The third-order valence-corrected chi connectivity index (χ3v) is 5.01. The highest BCUT2D eigenvalue weighted by molar-refractivity contribution is 6.01. The Bertz CT molecular complexity index is 1410. The normalized spacial score (nSPS) is 10.9. The van der Waals surface area contributed by atoms with E-state index in [0.29, 0.717) is 18.1 Å². The van der Waals surface area contributed by atoms with Crippen molar-refractivity contribution in [3.63, 3.8) is 0 Å². The molecule has 0 aliphatic carbocycles. The predicted molar refractivity (Wildman–Crippen MR) is 120 cm³/mol. The minimum absolute atomic E-state index is 0.127. The number of amides is 1. The summed E-state index contributed by atoms with van der Waals surface area (Å²) in [5.74, 6) is 0.738. The second-order valence-electron chi connectivity index (χ2n) is 7.41. The van der Waals surface area contributed by atoms with Gasteiger partial charge in [0, 0.05) is 0 Å². The fourth-order valence-corrected chi connectivity index (χ4v) is 3.36. The van der Waals surface area contributed by atoms with E-state index in [1.165, 1.54) is 18.5 Å². The van der Waals surface area contributed by atoms with Crippen LogP contribution in [0.25, 0.3) is 10.8 Å². The quantitative estimate of drug-likeness (QED) is 0.382. The van der Waals surface area contributed by atoms with Crippen molar-refractivity contribution in [3.05, 3.63) is 108 Å². The number of furan rings is 1. The Morgan fingerprint density at radius 1 is 1.00 bits per heavy atom. The molecule has 2 aromatic heterocycles. The van der Waals surface area contributed by atoms with Gasteiger partial charge in [0.1, 0.15) is 30.3 Å². The van der Waals surface area contributed by atoms with Crippen LogP contribution in [0.3, 0.4) is 0 Å². The van der Waals surface area contributed by atoms with Gasteiger partial charge in [-0.3, -0.25) is 10.1 Å². The maximum atomic E-state index is 13.0. The zero-order chi connectivity index (χ0) is 22.6. The van der Waals surface area contributed by atoms with Crippen molar-refractivity contribution >= 4 is 22.6 Å². The Hall–Kier alpha value is -4.46. The number of nitrogens with one attached hydrogen (secondary N) is 1. The van der Waals surface area contributed by atoms with Crippen LogP contribution in [-0.4, -0.2) is 20.7 Å². The van der Waals surface area contributed by atoms with Gasteiger partial charge in [-0.2, -0.15) is 0 Å². The fourth-order valence-electron chi connectivity index (χ4n) is 3.36. The number of nitrogens with zero attached hydrogens (tertiary/aromatic N) is 3. The SMILES string of the molecule is O=C(Nc1ncn(Cc2ccc(F)cc2)n1)c1ccc(COc2ccc3ccccc3c2)o1. The number of aromatic nitrogens is 3. The molecular weight excluding hydrogens is 423 g/mol. The average Bonchev–Trinajstić information content (AvgIpc) is 3.49. The lowest BCUT2D eigenvalue weighted by atomic mass is 10.1. The molecule has 0 saturated carbocycles. The molecule has 1 N–H and O–H groups in total. The van der Waals surface area contributed by atoms with Gasteiger partial charge < -0.3 is 9.15 Å². The minimum atomic E-state index is -0.466. The molecule has 0 unspecified atom stereocenters. The number of carbonyl (C=O) groups is 1. The topological polar surface area (TPSA) is 82.2 Å². The molecule has 0 saturated heterocycles. The van der Waals surface area contributed by atoms with Crippen molar-refractivity contribution in [3.8, 4) is 5.75 Å². The molecule has 0 radical (unpaired) electrons. The molecule has 0 bridgehead atoms. The monoisotopic (exact) mass is 442 g/mol. The van der Waals surface area contributed by atoms with E-state index in [2.05, 4.69) is 15.4 Å². The van der Waals surface area contributed by atoms with E-state index in [4.69, 9.17) is 9.15 Å². The number of hydrogen-bond acceptors (Lipinski definition) is 5. The molecule has 0 spiro atoms. The van der Waals surface area contributed by atoms with Crippen molar-refractivity contribution in [1.82, 2.24) is 14.8 Å². The summed E-state index contributed by atoms with van der Waals surface area (Å²) < 4.78 is 26.0. The lowest BCUT2D eigenvalue weighted by molar-refractivity contribution is 0.0991. The van der Waals surface area contributed by atoms with E-state index in [0.717, 1.165) is 16.3 Å². The first-order valence-corrected chi connectivity index (χ1v) is 10.3. The zero-order valence-corrected chi connectivity index (χ0v) is 17.4. The Kier molecular flexibility index (Phi) is 5.55. The van der Waals surface area contributed by atoms with Crippen LogP contribution >= 0.6 is 0 Å². The van der Waals surface area contributed by atoms with Crippen LogP contribution in [-0.2, 0) is 13.2 Å². The molecule has 5 aromatic rings. The van der Waals surface area contributed by atoms with Gasteiger partial charge in [-0.1, -0.05) is 42.5 Å². The molecule has 1 amide bonds. The summed E-state index contributed by atoms with van der Waals surface area (Å²) in [4.78, 5) is 16.6. The fraction of sp³-hybridized carbons (Fsp3) is 0.0800. The number of ether oxygens (including phenoxy) is 1. The van der Waals surface area contributed by atoms with E-state index in [9.17, 15) is 9.18 Å². The standard InChI is InChI=1S/C25H19FN4O3/c26-20-8-5-17(6-9-20)14-30-16-27-25(29-30)28-24(31)23-12-11-22(33-23)15-32-21-10-7-18-3-1-2-4-19(18)13-21/h1-13,16H,14-15H2,(H,28,29,31). The van der Waals surface area contributed by atoms with Crippen LogP contribution in [0.5, 0.6) is 5.75 Å². The lowest BCUT2D eigenvalue weighted by Gasteiger charge is -2.05. The van der Waals surface area contributed by atoms with Crippen LogP contribution in [0.2, 0.25) is 0 Å². The predicted octanol–water partition coefficient (Wildman–Crippen LogP) is 5.04. The summed E-state index contributed by atoms with van der Waals surface area (Å²) >= 11 is 0. The van der Waals surface area contributed by atoms with Crippen LogP contribution in [0.15, 0.2) is 89.6 Å². The number of halogens is 1. The van der Waals surface area contributed by atoms with E-state index in [-0.39, 0.29) is 24.1 Å². The number of anilines is 1. The molecule has 164 valence electrons. The van der Waals surface area contributed by atoms with E-state index >= 15 is 0 Å². The van der Waals surface area contributed by atoms with Crippen molar-refractivity contribution in [1.29, 1.82) is 0 Å². The Morgan fingerprint density at radius 3 is 2.67 bits per heavy atom. The maximum absolute atomic E-state index is 13.0. The third kappa shape index (κ3) is 4.90. The van der Waals surface area contributed by atoms with Gasteiger partial charge >= 0.3 is 0 Å². The highest BCUT2D eigenvalue weighted by Gasteiger charge is 2.14. The van der Waals surface area contributed by atoms with E-state index in [1.54, 1.807) is 28.9 Å². The van der Waals surface area contributed by atoms with Crippen molar-refractivity contribution < 1.29 is 18.3 Å². The number of benzene rings is 3. The molecule has 33 heavy (non-hydrogen) atoms. The summed E-state index contributed by atoms with van der Waals surface area (Å²) in [7, 11) is 0. The maximum Gasteiger partial charge on any atom is 0.293 e. The van der Waals surface area contributed by atoms with E-state index in [1.807, 2.05) is 42.5 Å². The van der Waals surface area contributed by atoms with Gasteiger partial charge in [0.25, 0.3) is 5.91 Å². The van der Waals surface area contributed by atoms with Crippen LogP contribution in [0.4, 0.5) is 10.3 Å². The first-order chi connectivity index (χ1) is 16.1. The van der Waals surface area contributed by atoms with Gasteiger partial charge in [-0.05, 0) is 52.7 Å². The summed E-state index contributed by atoms with van der Waals surface area (Å²) in [5, 5.41) is 9.04. The molecule has 0 aliphatic rings. The largest absolute Gasteiger partial charge is 0.486 e. The molecule has 0 fully saturated rings. The number of rotatable bonds is 7. The van der Waals surface area contributed by atoms with Gasteiger partial charge in [0.15, 0.2) is 5.76 Å². The number of hydrogen-bond donors (Lipinski definition) is 1. The van der Waals surface area contributed by atoms with Crippen molar-refractivity contribution in [2.45, 2.75) is 13.2 Å². The van der Waals surface area contributed by atoms with Gasteiger partial charge in [0.05, 0.1) is 6.54 Å². The molecule has 0 aliphatic heterocycles. The Balaban J connectivity index is 1.18. The third-order valence-electron chi connectivity index (χ3n) is 5.01. The van der Waals surface area contributed by atoms with Gasteiger partial charge in [0.2, 0.25) is 5.95 Å². The number of carbonyl (C=O) groups excluding carboxylic acids is 1. The second kappa shape index (κ2) is 8.96. The van der Waals surface area contributed by atoms with Crippen molar-refractivity contribution in [2.75, 3.05) is 5.32 Å². The Morgan fingerprint density at radius 2 is 1.82 bits per heavy atom. The highest BCUT2D eigenvalue weighted by Crippen LogP contribution is 2.22. The smallest absolute Gasteiger partial charge is 0.293 e. The lowest BCUT2D eigenvalue weighted by Crippen LogP contribution is -2.12. The molecule has 5 rings (SSSR count). The van der Waals surface area contributed by atoms with Crippen molar-refractivity contribution in [2.24, 2.45) is 0 Å². The first-order valence-electron chi connectivity index (χ1n) is 10.3. The molecular formula is C25H19FN4O3. The number of fused-ring (bicyclic) bond motifs is 1. The van der Waals surface area contributed by atoms with Crippen LogP contribution in [0, 0.1) is 5.82 Å². The molecule has 7 nitrogen and oxygen atoms in total. The molecule has 2 heterocycles. The van der Waals surface area contributed by atoms with Gasteiger partial charge in [-0.15, -0.1) is 5.10 Å². The summed E-state index contributed by atoms with van der Waals surface area (Å²) in [6, 6.07) is 23.2. The molecule has 8 heteroatoms. The molecule has 3 aromatic carbocycles. The van der Waals surface area contributed by atoms with Crippen LogP contribution < -0.4 is 10.1 Å². The summed E-state index contributed by atoms with van der Waals surface area (Å²) in [6.45, 7) is 0.594. The average molecular weight is 442 g/mol. The van der Waals surface area contributed by atoms with E-state index < -0.39 is 5.91 Å². The summed E-state index contributed by atoms with van der Waals surface area (Å²) in [6.07, 6.45) is 1.49. The zero-order valence-electron chi connectivity index (χ0n) is 17.4. The van der Waals surface area contributed by atoms with Crippen LogP contribution in [0.1, 0.15) is 21.9 Å². The van der Waals surface area contributed by atoms with Gasteiger partial charge in [-0.25, -0.2) is 14.1 Å².